The Morgan fingerprint density at radius 3 is 1.17 bits per heavy atom. The second-order valence-electron chi connectivity index (χ2n) is 9.84. The predicted octanol–water partition coefficient (Wildman–Crippen LogP) is 8.23. The fraction of sp³-hybridized carbons (Fsp3) is 0.0811. The molecular weight excluding hydrogens is 500 g/mol. The molecule has 0 aliphatic carbocycles. The average Bonchev–Trinajstić information content (AvgIpc) is 3.03. The van der Waals surface area contributed by atoms with Gasteiger partial charge < -0.3 is 0 Å². The van der Waals surface area contributed by atoms with Gasteiger partial charge in [-0.2, -0.15) is 0 Å². The van der Waals surface area contributed by atoms with Gasteiger partial charge in [-0.3, -0.25) is 9.98 Å². The number of aryl methyl sites for hydroxylation is 1. The highest BCUT2D eigenvalue weighted by atomic mass is 14.9. The topological polar surface area (TPSA) is 49.4 Å². The molecule has 0 saturated carbocycles. The van der Waals surface area contributed by atoms with Gasteiger partial charge in [-0.05, 0) is 24.6 Å². The summed E-state index contributed by atoms with van der Waals surface area (Å²) in [6, 6.07) is 47.3. The SMILES string of the molecule is Cc1ccc2c(c1)N=C(c1ccccc1)C(c1ccccc1)=NCCN=C(c1ccccc1)C(c1ccccc1)=N2. The third-order valence-corrected chi connectivity index (χ3v) is 6.87. The van der Waals surface area contributed by atoms with Crippen molar-refractivity contribution in [1.29, 1.82) is 0 Å². The van der Waals surface area contributed by atoms with Gasteiger partial charge in [-0.15, -0.1) is 0 Å². The lowest BCUT2D eigenvalue weighted by molar-refractivity contribution is 0.979. The summed E-state index contributed by atoms with van der Waals surface area (Å²) < 4.78 is 0. The maximum atomic E-state index is 5.33. The van der Waals surface area contributed by atoms with Crippen molar-refractivity contribution in [3.8, 4) is 0 Å². The Labute approximate surface area is 241 Å². The molecular formula is C37H30N4. The van der Waals surface area contributed by atoms with Crippen LogP contribution in [0.5, 0.6) is 0 Å². The van der Waals surface area contributed by atoms with Gasteiger partial charge in [0.05, 0.1) is 47.3 Å². The maximum Gasteiger partial charge on any atom is 0.0968 e. The lowest BCUT2D eigenvalue weighted by atomic mass is 9.98. The highest BCUT2D eigenvalue weighted by molar-refractivity contribution is 6.55. The van der Waals surface area contributed by atoms with Crippen LogP contribution in [-0.4, -0.2) is 35.9 Å². The summed E-state index contributed by atoms with van der Waals surface area (Å²) in [5.74, 6) is 0. The molecule has 0 radical (unpaired) electrons. The Bertz CT molecular complexity index is 1750. The molecule has 0 atom stereocenters. The number of aliphatic imine (C=N–C) groups is 4. The second-order valence-corrected chi connectivity index (χ2v) is 9.84. The standard InChI is InChI=1S/C37H30N4/c1-27-22-23-32-33(26-27)41-37(31-20-12-5-13-21-31)35(29-16-8-3-9-17-29)39-25-24-38-34(28-14-6-2-7-15-28)36(40-32)30-18-10-4-11-19-30/h2-23,26H,24-25H2,1H3. The Morgan fingerprint density at radius 2 is 0.756 bits per heavy atom. The number of hydrogen-bond acceptors (Lipinski definition) is 4. The summed E-state index contributed by atoms with van der Waals surface area (Å²) in [7, 11) is 0. The predicted molar refractivity (Wildman–Crippen MR) is 172 cm³/mol. The van der Waals surface area contributed by atoms with Crippen LogP contribution < -0.4 is 0 Å². The van der Waals surface area contributed by atoms with E-state index in [-0.39, 0.29) is 0 Å². The number of hydrogen-bond donors (Lipinski definition) is 0. The van der Waals surface area contributed by atoms with Gasteiger partial charge in [0.2, 0.25) is 0 Å². The van der Waals surface area contributed by atoms with Crippen molar-refractivity contribution in [2.45, 2.75) is 6.92 Å². The van der Waals surface area contributed by atoms with Crippen molar-refractivity contribution in [3.63, 3.8) is 0 Å². The molecule has 41 heavy (non-hydrogen) atoms. The Kier molecular flexibility index (Phi) is 7.81. The van der Waals surface area contributed by atoms with E-state index in [9.17, 15) is 0 Å². The molecule has 5 aromatic rings. The Balaban J connectivity index is 1.65. The highest BCUT2D eigenvalue weighted by Crippen LogP contribution is 2.32. The number of benzene rings is 5. The fourth-order valence-corrected chi connectivity index (χ4v) is 4.88. The van der Waals surface area contributed by atoms with E-state index in [2.05, 4.69) is 67.6 Å². The average molecular weight is 531 g/mol. The third kappa shape index (κ3) is 6.02. The molecule has 5 aromatic carbocycles. The summed E-state index contributed by atoms with van der Waals surface area (Å²) in [6.07, 6.45) is 0. The van der Waals surface area contributed by atoms with Gasteiger partial charge in [0.1, 0.15) is 0 Å². The van der Waals surface area contributed by atoms with Crippen molar-refractivity contribution in [3.05, 3.63) is 167 Å². The van der Waals surface area contributed by atoms with Crippen molar-refractivity contribution in [1.82, 2.24) is 0 Å². The van der Waals surface area contributed by atoms with E-state index in [0.29, 0.717) is 13.1 Å². The van der Waals surface area contributed by atoms with Crippen LogP contribution in [-0.2, 0) is 0 Å². The van der Waals surface area contributed by atoms with Gasteiger partial charge in [0.25, 0.3) is 0 Å². The molecule has 0 fully saturated rings. The smallest absolute Gasteiger partial charge is 0.0968 e. The summed E-state index contributed by atoms with van der Waals surface area (Å²) in [6.45, 7) is 3.10. The van der Waals surface area contributed by atoms with Crippen LogP contribution in [0.4, 0.5) is 11.4 Å². The van der Waals surface area contributed by atoms with Gasteiger partial charge in [-0.25, -0.2) is 9.98 Å². The van der Waals surface area contributed by atoms with Crippen LogP contribution in [0.3, 0.4) is 0 Å². The van der Waals surface area contributed by atoms with Gasteiger partial charge in [-0.1, -0.05) is 127 Å². The first-order valence-electron chi connectivity index (χ1n) is 13.9. The Morgan fingerprint density at radius 1 is 0.390 bits per heavy atom. The van der Waals surface area contributed by atoms with Crippen molar-refractivity contribution >= 4 is 34.2 Å². The molecule has 0 bridgehead atoms. The van der Waals surface area contributed by atoms with Crippen molar-refractivity contribution in [2.75, 3.05) is 13.1 Å². The summed E-state index contributed by atoms with van der Waals surface area (Å²) in [5.41, 5.74) is 10.0. The molecule has 6 rings (SSSR count). The first-order valence-corrected chi connectivity index (χ1v) is 13.9. The molecule has 1 aliphatic heterocycles. The van der Waals surface area contributed by atoms with Crippen LogP contribution in [0.15, 0.2) is 159 Å². The third-order valence-electron chi connectivity index (χ3n) is 6.87. The van der Waals surface area contributed by atoms with Gasteiger partial charge in [0, 0.05) is 22.3 Å². The quantitative estimate of drug-likeness (QED) is 0.225. The van der Waals surface area contributed by atoms with E-state index in [0.717, 1.165) is 62.0 Å². The summed E-state index contributed by atoms with van der Waals surface area (Å²) in [4.78, 5) is 20.9. The van der Waals surface area contributed by atoms with Crippen molar-refractivity contribution < 1.29 is 0 Å². The van der Waals surface area contributed by atoms with E-state index in [4.69, 9.17) is 20.0 Å². The summed E-state index contributed by atoms with van der Waals surface area (Å²) >= 11 is 0. The molecule has 0 saturated heterocycles. The molecule has 0 amide bonds. The van der Waals surface area contributed by atoms with Gasteiger partial charge >= 0.3 is 0 Å². The first kappa shape index (κ1) is 26.0. The minimum Gasteiger partial charge on any atom is -0.281 e. The van der Waals surface area contributed by atoms with Crippen LogP contribution >= 0.6 is 0 Å². The molecule has 1 aliphatic rings. The lowest BCUT2D eigenvalue weighted by Gasteiger charge is -2.16. The van der Waals surface area contributed by atoms with E-state index >= 15 is 0 Å². The van der Waals surface area contributed by atoms with Crippen LogP contribution in [0.2, 0.25) is 0 Å². The molecule has 1 heterocycles. The minimum absolute atomic E-state index is 0.509. The fourth-order valence-electron chi connectivity index (χ4n) is 4.88. The largest absolute Gasteiger partial charge is 0.281 e. The lowest BCUT2D eigenvalue weighted by Crippen LogP contribution is -2.20. The molecule has 0 N–H and O–H groups in total. The van der Waals surface area contributed by atoms with Crippen molar-refractivity contribution in [2.24, 2.45) is 20.0 Å². The maximum absolute atomic E-state index is 5.33. The van der Waals surface area contributed by atoms with Gasteiger partial charge in [0.15, 0.2) is 0 Å². The van der Waals surface area contributed by atoms with E-state index in [1.54, 1.807) is 0 Å². The van der Waals surface area contributed by atoms with Crippen LogP contribution in [0.1, 0.15) is 27.8 Å². The number of rotatable bonds is 4. The zero-order chi connectivity index (χ0) is 27.9. The monoisotopic (exact) mass is 530 g/mol. The zero-order valence-corrected chi connectivity index (χ0v) is 23.0. The number of fused-ring (bicyclic) bond motifs is 1. The molecule has 0 aromatic heterocycles. The first-order chi connectivity index (χ1) is 20.3. The highest BCUT2D eigenvalue weighted by Gasteiger charge is 2.19. The molecule has 4 nitrogen and oxygen atoms in total. The zero-order valence-electron chi connectivity index (χ0n) is 23.0. The summed E-state index contributed by atoms with van der Waals surface area (Å²) in [5, 5.41) is 0. The van der Waals surface area contributed by atoms with Crippen LogP contribution in [0, 0.1) is 6.92 Å². The van der Waals surface area contributed by atoms with Crippen LogP contribution in [0.25, 0.3) is 0 Å². The Hall–Kier alpha value is -5.22. The molecule has 198 valence electrons. The van der Waals surface area contributed by atoms with E-state index in [1.165, 1.54) is 0 Å². The second kappa shape index (κ2) is 12.3. The molecule has 4 heteroatoms. The normalized spacial score (nSPS) is 13.9. The van der Waals surface area contributed by atoms with E-state index < -0.39 is 0 Å². The molecule has 0 spiro atoms. The molecule has 0 unspecified atom stereocenters. The van der Waals surface area contributed by atoms with E-state index in [1.807, 2.05) is 78.9 Å². The number of nitrogens with zero attached hydrogens (tertiary/aromatic N) is 4. The minimum atomic E-state index is 0.509.